The quantitative estimate of drug-likeness (QED) is 0.233. The second-order valence-electron chi connectivity index (χ2n) is 8.08. The summed E-state index contributed by atoms with van der Waals surface area (Å²) in [7, 11) is 0. The lowest BCUT2D eigenvalue weighted by Gasteiger charge is -2.25. The van der Waals surface area contributed by atoms with E-state index in [2.05, 4.69) is 0 Å². The highest BCUT2D eigenvalue weighted by Crippen LogP contribution is 2.42. The fraction of sp³-hybridized carbons (Fsp3) is 0.179. The van der Waals surface area contributed by atoms with Gasteiger partial charge in [0.05, 0.1) is 23.8 Å². The van der Waals surface area contributed by atoms with E-state index >= 15 is 0 Å². The largest absolute Gasteiger partial charge is 0.508 e. The van der Waals surface area contributed by atoms with E-state index in [9.17, 15) is 24.6 Å². The number of esters is 1. The Bertz CT molecular complexity index is 1310. The summed E-state index contributed by atoms with van der Waals surface area (Å²) in [4.78, 5) is 40.1. The van der Waals surface area contributed by atoms with Crippen LogP contribution in [-0.4, -0.2) is 34.5 Å². The molecule has 0 aliphatic carbocycles. The van der Waals surface area contributed by atoms with E-state index in [1.54, 1.807) is 49.4 Å². The summed E-state index contributed by atoms with van der Waals surface area (Å²) < 4.78 is 5.07. The number of hydrogen-bond acceptors (Lipinski definition) is 6. The highest BCUT2D eigenvalue weighted by atomic mass is 16.5. The van der Waals surface area contributed by atoms with Crippen molar-refractivity contribution in [3.63, 3.8) is 0 Å². The Morgan fingerprint density at radius 3 is 2.26 bits per heavy atom. The van der Waals surface area contributed by atoms with Gasteiger partial charge in [0.2, 0.25) is 0 Å². The van der Waals surface area contributed by atoms with Crippen LogP contribution >= 0.6 is 0 Å². The molecule has 0 radical (unpaired) electrons. The van der Waals surface area contributed by atoms with Gasteiger partial charge in [0.15, 0.2) is 0 Å². The van der Waals surface area contributed by atoms with Crippen LogP contribution in [0.4, 0.5) is 5.69 Å². The predicted octanol–water partition coefficient (Wildman–Crippen LogP) is 4.76. The van der Waals surface area contributed by atoms with Crippen LogP contribution in [0.3, 0.4) is 0 Å². The number of aliphatic hydroxyl groups excluding tert-OH is 1. The zero-order valence-corrected chi connectivity index (χ0v) is 19.4. The monoisotopic (exact) mass is 471 g/mol. The first-order valence-corrected chi connectivity index (χ1v) is 11.3. The molecular weight excluding hydrogens is 446 g/mol. The second-order valence-corrected chi connectivity index (χ2v) is 8.08. The van der Waals surface area contributed by atoms with Gasteiger partial charge in [0, 0.05) is 11.3 Å². The lowest BCUT2D eigenvalue weighted by atomic mass is 9.94. The Balaban J connectivity index is 1.89. The SMILES string of the molecule is CCOC(=O)c1cccc(N2C(=O)C(=O)/C(=C(/O)c3ccc(CC)cc3)C2c2ccc(O)cc2)c1. The van der Waals surface area contributed by atoms with Gasteiger partial charge in [-0.3, -0.25) is 14.5 Å². The summed E-state index contributed by atoms with van der Waals surface area (Å²) >= 11 is 0. The molecule has 4 rings (SSSR count). The van der Waals surface area contributed by atoms with Crippen molar-refractivity contribution in [2.45, 2.75) is 26.3 Å². The van der Waals surface area contributed by atoms with Gasteiger partial charge in [-0.25, -0.2) is 4.79 Å². The lowest BCUT2D eigenvalue weighted by Crippen LogP contribution is -2.29. The van der Waals surface area contributed by atoms with E-state index in [0.29, 0.717) is 16.8 Å². The molecule has 1 heterocycles. The molecule has 1 saturated heterocycles. The van der Waals surface area contributed by atoms with E-state index in [-0.39, 0.29) is 29.3 Å². The number of benzene rings is 3. The maximum absolute atomic E-state index is 13.3. The third-order valence-electron chi connectivity index (χ3n) is 5.92. The molecule has 1 atom stereocenters. The molecular formula is C28H25NO6. The van der Waals surface area contributed by atoms with Crippen LogP contribution in [-0.2, 0) is 20.7 Å². The van der Waals surface area contributed by atoms with Crippen molar-refractivity contribution in [1.82, 2.24) is 0 Å². The van der Waals surface area contributed by atoms with Crippen LogP contribution in [0.1, 0.15) is 46.9 Å². The molecule has 7 nitrogen and oxygen atoms in total. The summed E-state index contributed by atoms with van der Waals surface area (Å²) in [5.74, 6) is -2.51. The standard InChI is InChI=1S/C28H25NO6/c1-3-17-8-10-19(11-9-17)25(31)23-24(18-12-14-22(30)15-13-18)29(27(33)26(23)32)21-7-5-6-20(16-21)28(34)35-4-2/h5-16,24,30-31H,3-4H2,1-2H3/b25-23+. The number of aryl methyl sites for hydroxylation is 1. The molecule has 3 aromatic rings. The Morgan fingerprint density at radius 2 is 1.63 bits per heavy atom. The molecule has 7 heteroatoms. The molecule has 2 N–H and O–H groups in total. The highest BCUT2D eigenvalue weighted by Gasteiger charge is 2.47. The molecule has 1 aliphatic heterocycles. The number of ether oxygens (including phenoxy) is 1. The van der Waals surface area contributed by atoms with E-state index in [1.807, 2.05) is 19.1 Å². The van der Waals surface area contributed by atoms with Gasteiger partial charge in [0.1, 0.15) is 11.5 Å². The molecule has 178 valence electrons. The molecule has 0 spiro atoms. The molecule has 35 heavy (non-hydrogen) atoms. The maximum atomic E-state index is 13.3. The Kier molecular flexibility index (Phi) is 6.68. The number of aliphatic hydroxyl groups is 1. The summed E-state index contributed by atoms with van der Waals surface area (Å²) in [5, 5.41) is 21.0. The van der Waals surface area contributed by atoms with Crippen LogP contribution < -0.4 is 4.90 Å². The van der Waals surface area contributed by atoms with Crippen molar-refractivity contribution < 1.29 is 29.3 Å². The molecule has 0 bridgehead atoms. The number of phenolic OH excluding ortho intramolecular Hbond substituents is 1. The van der Waals surface area contributed by atoms with Crippen molar-refractivity contribution in [3.8, 4) is 5.75 Å². The van der Waals surface area contributed by atoms with Crippen molar-refractivity contribution in [2.75, 3.05) is 11.5 Å². The minimum absolute atomic E-state index is 0.0187. The van der Waals surface area contributed by atoms with Crippen molar-refractivity contribution in [2.24, 2.45) is 0 Å². The number of ketones is 1. The first kappa shape index (κ1) is 23.8. The van der Waals surface area contributed by atoms with E-state index in [4.69, 9.17) is 4.74 Å². The minimum Gasteiger partial charge on any atom is -0.508 e. The van der Waals surface area contributed by atoms with Gasteiger partial charge >= 0.3 is 5.97 Å². The van der Waals surface area contributed by atoms with Crippen LogP contribution in [0.15, 0.2) is 78.4 Å². The number of amides is 1. The van der Waals surface area contributed by atoms with E-state index in [1.165, 1.54) is 23.1 Å². The zero-order valence-electron chi connectivity index (χ0n) is 19.4. The van der Waals surface area contributed by atoms with Crippen LogP contribution in [0.5, 0.6) is 5.75 Å². The summed E-state index contributed by atoms with van der Waals surface area (Å²) in [6.07, 6.45) is 0.815. The predicted molar refractivity (Wildman–Crippen MR) is 131 cm³/mol. The van der Waals surface area contributed by atoms with Gasteiger partial charge in [0.25, 0.3) is 11.7 Å². The summed E-state index contributed by atoms with van der Waals surface area (Å²) in [6, 6.07) is 18.4. The average molecular weight is 472 g/mol. The third-order valence-corrected chi connectivity index (χ3v) is 5.92. The Labute approximate surface area is 202 Å². The number of phenols is 1. The second kappa shape index (κ2) is 9.85. The summed E-state index contributed by atoms with van der Waals surface area (Å²) in [6.45, 7) is 3.89. The first-order chi connectivity index (χ1) is 16.8. The number of nitrogens with zero attached hydrogens (tertiary/aromatic N) is 1. The molecule has 1 aliphatic rings. The fourth-order valence-corrected chi connectivity index (χ4v) is 4.12. The molecule has 1 unspecified atom stereocenters. The van der Waals surface area contributed by atoms with Crippen LogP contribution in [0, 0.1) is 0 Å². The van der Waals surface area contributed by atoms with Gasteiger partial charge in [-0.2, -0.15) is 0 Å². The number of hydrogen-bond donors (Lipinski definition) is 2. The van der Waals surface area contributed by atoms with Gasteiger partial charge < -0.3 is 14.9 Å². The number of carbonyl (C=O) groups is 3. The minimum atomic E-state index is -0.973. The fourth-order valence-electron chi connectivity index (χ4n) is 4.12. The Hall–Kier alpha value is -4.39. The van der Waals surface area contributed by atoms with Gasteiger partial charge in [-0.05, 0) is 54.8 Å². The number of carbonyl (C=O) groups excluding carboxylic acids is 3. The third kappa shape index (κ3) is 4.53. The number of anilines is 1. The number of rotatable bonds is 6. The maximum Gasteiger partial charge on any atom is 0.338 e. The van der Waals surface area contributed by atoms with E-state index in [0.717, 1.165) is 12.0 Å². The van der Waals surface area contributed by atoms with Crippen molar-refractivity contribution in [1.29, 1.82) is 0 Å². The number of Topliss-reactive ketones (excluding diaryl/α,β-unsaturated/α-hetero) is 1. The molecule has 1 amide bonds. The first-order valence-electron chi connectivity index (χ1n) is 11.3. The smallest absolute Gasteiger partial charge is 0.338 e. The van der Waals surface area contributed by atoms with Crippen LogP contribution in [0.2, 0.25) is 0 Å². The Morgan fingerprint density at radius 1 is 0.943 bits per heavy atom. The molecule has 1 fully saturated rings. The molecule has 3 aromatic carbocycles. The average Bonchev–Trinajstić information content (AvgIpc) is 3.14. The zero-order chi connectivity index (χ0) is 25.1. The molecule has 0 aromatic heterocycles. The normalized spacial score (nSPS) is 17.0. The van der Waals surface area contributed by atoms with Crippen LogP contribution in [0.25, 0.3) is 5.76 Å². The summed E-state index contributed by atoms with van der Waals surface area (Å²) in [5.41, 5.74) is 2.43. The van der Waals surface area contributed by atoms with Gasteiger partial charge in [-0.1, -0.05) is 49.4 Å². The van der Waals surface area contributed by atoms with Crippen molar-refractivity contribution >= 4 is 29.1 Å². The van der Waals surface area contributed by atoms with E-state index < -0.39 is 23.7 Å². The number of aromatic hydroxyl groups is 1. The van der Waals surface area contributed by atoms with Gasteiger partial charge in [-0.15, -0.1) is 0 Å². The molecule has 0 saturated carbocycles. The van der Waals surface area contributed by atoms with Crippen molar-refractivity contribution in [3.05, 3.63) is 101 Å². The topological polar surface area (TPSA) is 104 Å². The highest BCUT2D eigenvalue weighted by molar-refractivity contribution is 6.51. The lowest BCUT2D eigenvalue weighted by molar-refractivity contribution is -0.132.